The molecule has 8 saturated heterocycles. The van der Waals surface area contributed by atoms with Crippen LogP contribution in [0.15, 0.2) is 98.4 Å². The van der Waals surface area contributed by atoms with E-state index in [-0.39, 0.29) is 73.4 Å². The van der Waals surface area contributed by atoms with Gasteiger partial charge in [0.2, 0.25) is 0 Å². The van der Waals surface area contributed by atoms with Crippen molar-refractivity contribution in [3.05, 3.63) is 98.4 Å². The van der Waals surface area contributed by atoms with E-state index < -0.39 is 0 Å². The maximum Gasteiger partial charge on any atom is 0.182 e. The van der Waals surface area contributed by atoms with Crippen molar-refractivity contribution in [3.63, 3.8) is 0 Å². The minimum atomic E-state index is 0. The van der Waals surface area contributed by atoms with Crippen molar-refractivity contribution < 1.29 is 14.2 Å². The standard InChI is InChI=1S/C14H27N.C13H26N2.2C13H25NO.2C13H25N.C12H23NO.C12H23N.CH4/c1-11-9-8-10-12(13(2,3)4)15(11)14(5,6)7;1-10-8-14-9-11(12(2,3)4)15(10)13(5,6)7;2*1-10-8-15-9-11(12(2,3)4)14(10)13(5,6)7;2*1-10-8-9-11(12(2,3)4)14(10)13(5,6)7;1-9-13(12(5,6)7)10(8-14-9)11(2,3)4;1-9-8-10(11(2,3)4)13(9)12(5,6)7;/h12H,1,8-10H2,2-7H3;11,14H,1,8-9H2,2-7H3;2*11H,1,8-9H2,2-7H3;2*11H,1,8-9H2,2-7H3;10H,1,8H2,2-7H3;10H,1,8H2,2-7H3;1H4. The summed E-state index contributed by atoms with van der Waals surface area (Å²) in [6.07, 6.45) is 9.80. The maximum absolute atomic E-state index is 5.61. The summed E-state index contributed by atoms with van der Waals surface area (Å²) in [5, 5.41) is 3.45. The fourth-order valence-electron chi connectivity index (χ4n) is 18.8. The van der Waals surface area contributed by atoms with Crippen molar-refractivity contribution in [2.75, 3.05) is 46.1 Å². The molecule has 0 radical (unpaired) electrons. The second kappa shape index (κ2) is 40.1. The molecule has 0 saturated carbocycles. The highest BCUT2D eigenvalue weighted by Crippen LogP contribution is 2.48. The molecular formula is C104H203N9O3. The van der Waals surface area contributed by atoms with E-state index in [1.54, 1.807) is 0 Å². The molecular weight excluding hydrogens is 1420 g/mol. The number of allylic oxidation sites excluding steroid dienone is 3. The molecule has 8 atom stereocenters. The molecule has 12 nitrogen and oxygen atoms in total. The van der Waals surface area contributed by atoms with E-state index in [0.717, 1.165) is 50.2 Å². The average molecular weight is 1630 g/mol. The van der Waals surface area contributed by atoms with Gasteiger partial charge in [0.15, 0.2) is 5.88 Å². The Labute approximate surface area is 726 Å². The average Bonchev–Trinajstić information content (AvgIpc) is 1.08. The third-order valence-corrected chi connectivity index (χ3v) is 23.9. The summed E-state index contributed by atoms with van der Waals surface area (Å²) in [6, 6.07) is 4.38. The largest absolute Gasteiger partial charge is 0.477 e. The van der Waals surface area contributed by atoms with E-state index in [1.807, 2.05) is 0 Å². The molecule has 0 aromatic heterocycles. The molecule has 0 aromatic carbocycles. The molecule has 8 rings (SSSR count). The topological polar surface area (TPSA) is 65.6 Å². The van der Waals surface area contributed by atoms with Gasteiger partial charge in [0, 0.05) is 134 Å². The van der Waals surface area contributed by atoms with Gasteiger partial charge in [0.1, 0.15) is 6.61 Å². The first-order valence-corrected chi connectivity index (χ1v) is 44.9. The third kappa shape index (κ3) is 33.0. The molecule has 682 valence electrons. The number of rotatable bonds is 0. The van der Waals surface area contributed by atoms with Crippen molar-refractivity contribution in [3.8, 4) is 0 Å². The van der Waals surface area contributed by atoms with Crippen LogP contribution < -0.4 is 5.32 Å². The van der Waals surface area contributed by atoms with Gasteiger partial charge in [0.25, 0.3) is 0 Å². The van der Waals surface area contributed by atoms with Gasteiger partial charge in [0.05, 0.1) is 44.6 Å². The fourth-order valence-corrected chi connectivity index (χ4v) is 18.8. The van der Waals surface area contributed by atoms with Crippen molar-refractivity contribution in [2.45, 2.75) is 484 Å². The number of morpholine rings is 2. The number of piperazine rings is 1. The summed E-state index contributed by atoms with van der Waals surface area (Å²) >= 11 is 0. The van der Waals surface area contributed by atoms with Gasteiger partial charge in [-0.1, -0.05) is 220 Å². The lowest BCUT2D eigenvalue weighted by molar-refractivity contribution is -0.0537. The predicted molar refractivity (Wildman–Crippen MR) is 516 cm³/mol. The van der Waals surface area contributed by atoms with Crippen LogP contribution in [0.4, 0.5) is 0 Å². The van der Waals surface area contributed by atoms with Gasteiger partial charge < -0.3 is 58.7 Å². The highest BCUT2D eigenvalue weighted by molar-refractivity contribution is 5.19. The Hall–Kier alpha value is -4.00. The van der Waals surface area contributed by atoms with Crippen LogP contribution >= 0.6 is 0 Å². The molecule has 116 heavy (non-hydrogen) atoms. The lowest BCUT2D eigenvalue weighted by atomic mass is 9.75. The first-order valence-electron chi connectivity index (χ1n) is 44.9. The van der Waals surface area contributed by atoms with E-state index in [2.05, 4.69) is 429 Å². The Morgan fingerprint density at radius 3 is 0.698 bits per heavy atom. The molecule has 0 spiro atoms. The number of hydrogen-bond donors (Lipinski definition) is 1. The summed E-state index contributed by atoms with van der Waals surface area (Å²) in [4.78, 5) is 19.7. The van der Waals surface area contributed by atoms with Crippen LogP contribution in [0.5, 0.6) is 0 Å². The first kappa shape index (κ1) is 112. The predicted octanol–water partition coefficient (Wildman–Crippen LogP) is 27.6. The molecule has 0 aromatic rings. The highest BCUT2D eigenvalue weighted by Gasteiger charge is 2.49. The molecule has 12 heteroatoms. The van der Waals surface area contributed by atoms with Crippen LogP contribution in [0.2, 0.25) is 0 Å². The molecule has 8 aliphatic rings. The molecule has 8 heterocycles. The normalized spacial score (nSPS) is 24.3. The van der Waals surface area contributed by atoms with Crippen LogP contribution in [0.1, 0.15) is 391 Å². The Kier molecular flexibility index (Phi) is 38.7. The van der Waals surface area contributed by atoms with Crippen LogP contribution in [0.25, 0.3) is 0 Å². The third-order valence-electron chi connectivity index (χ3n) is 23.9. The Bertz CT molecular complexity index is 2800. The Morgan fingerprint density at radius 2 is 0.483 bits per heavy atom. The van der Waals surface area contributed by atoms with Crippen LogP contribution in [0.3, 0.4) is 0 Å². The van der Waals surface area contributed by atoms with Crippen molar-refractivity contribution in [1.29, 1.82) is 0 Å². The zero-order chi connectivity index (χ0) is 91.3. The SMILES string of the molecule is C.C=C1CC(C(C)(C)C)N1C(C)(C)C.C=C1CCC(C(C)(C)C)N1C(C)(C)C.C=C1CCC(C(C)(C)C)N1C(C)(C)C.C=C1CCCC(C(C)(C)C)N1C(C)(C)C.C=C1CNCC(C(C)(C)C)N1C(C)(C)C.C=C1COCC(C(C)(C)C)N1C(C)(C)C.C=C1COCC(C(C)(C)C)N1C(C)(C)C.C=C1OCC(C(C)(C)C)N1C(C)(C)C. The molecule has 8 unspecified atom stereocenters. The number of nitrogens with one attached hydrogen (secondary N) is 1. The number of ether oxygens (including phenoxy) is 3. The minimum Gasteiger partial charge on any atom is -0.477 e. The van der Waals surface area contributed by atoms with E-state index >= 15 is 0 Å². The van der Waals surface area contributed by atoms with Crippen molar-refractivity contribution >= 4 is 0 Å². The summed E-state index contributed by atoms with van der Waals surface area (Å²) < 4.78 is 16.8. The maximum atomic E-state index is 5.61. The molecule has 1 N–H and O–H groups in total. The number of likely N-dealkylation sites (tertiary alicyclic amines) is 4. The van der Waals surface area contributed by atoms with Gasteiger partial charge >= 0.3 is 0 Å². The first-order chi connectivity index (χ1) is 50.6. The second-order valence-corrected chi connectivity index (χ2v) is 51.9. The van der Waals surface area contributed by atoms with E-state index in [1.165, 1.54) is 79.9 Å². The highest BCUT2D eigenvalue weighted by atomic mass is 16.5. The minimum absolute atomic E-state index is 0. The Morgan fingerprint density at radius 1 is 0.250 bits per heavy atom. The summed E-state index contributed by atoms with van der Waals surface area (Å²) in [5.41, 5.74) is 12.4. The second-order valence-electron chi connectivity index (χ2n) is 51.9. The van der Waals surface area contributed by atoms with Crippen LogP contribution in [0, 0.1) is 43.3 Å². The molecule has 8 aliphatic heterocycles. The van der Waals surface area contributed by atoms with Gasteiger partial charge in [-0.3, -0.25) is 0 Å². The van der Waals surface area contributed by atoms with Crippen molar-refractivity contribution in [1.82, 2.24) is 44.5 Å². The Balaban J connectivity index is 0.00000130. The van der Waals surface area contributed by atoms with Gasteiger partial charge in [-0.2, -0.15) is 0 Å². The summed E-state index contributed by atoms with van der Waals surface area (Å²) in [5.74, 6) is 0.817. The summed E-state index contributed by atoms with van der Waals surface area (Å²) in [6.45, 7) is 148. The van der Waals surface area contributed by atoms with E-state index in [0.29, 0.717) is 83.2 Å². The van der Waals surface area contributed by atoms with E-state index in [9.17, 15) is 0 Å². The number of nitrogens with zero attached hydrogens (tertiary/aromatic N) is 8. The smallest absolute Gasteiger partial charge is 0.182 e. The van der Waals surface area contributed by atoms with E-state index in [4.69, 9.17) is 14.2 Å². The van der Waals surface area contributed by atoms with Gasteiger partial charge in [-0.15, -0.1) is 0 Å². The monoisotopic (exact) mass is 1630 g/mol. The van der Waals surface area contributed by atoms with Crippen molar-refractivity contribution in [2.24, 2.45) is 43.3 Å². The number of piperidine rings is 1. The molecule has 0 amide bonds. The zero-order valence-corrected chi connectivity index (χ0v) is 86.2. The summed E-state index contributed by atoms with van der Waals surface area (Å²) in [7, 11) is 0. The molecule has 0 aliphatic carbocycles. The van der Waals surface area contributed by atoms with Crippen LogP contribution in [-0.4, -0.2) is 178 Å². The molecule has 0 bridgehead atoms. The molecule has 8 fully saturated rings. The number of hydrogen-bond acceptors (Lipinski definition) is 12. The van der Waals surface area contributed by atoms with Gasteiger partial charge in [-0.05, 0) is 261 Å². The lowest BCUT2D eigenvalue weighted by Crippen LogP contribution is -2.60. The zero-order valence-electron chi connectivity index (χ0n) is 86.2. The van der Waals surface area contributed by atoms with Gasteiger partial charge in [-0.25, -0.2) is 0 Å². The lowest BCUT2D eigenvalue weighted by Gasteiger charge is -2.57. The fraction of sp³-hybridized carbons (Fsp3) is 0.846. The quantitative estimate of drug-likeness (QED) is 0.251. The van der Waals surface area contributed by atoms with Crippen LogP contribution in [-0.2, 0) is 14.2 Å².